The number of rotatable bonds is 0. The molecule has 0 unspecified atom stereocenters. The van der Waals surface area contributed by atoms with Crippen LogP contribution in [0, 0.1) is 0 Å². The van der Waals surface area contributed by atoms with Crippen molar-refractivity contribution >= 4 is 32.7 Å². The van der Waals surface area contributed by atoms with Gasteiger partial charge in [0.25, 0.3) is 0 Å². The van der Waals surface area contributed by atoms with E-state index in [0.717, 1.165) is 10.9 Å². The Bertz CT molecular complexity index is 555. The van der Waals surface area contributed by atoms with Gasteiger partial charge in [0.2, 0.25) is 5.78 Å². The van der Waals surface area contributed by atoms with Crippen LogP contribution in [0.15, 0.2) is 24.3 Å². The monoisotopic (exact) mass is 236 g/mol. The van der Waals surface area contributed by atoms with Crippen LogP contribution in [0.3, 0.4) is 0 Å². The highest BCUT2D eigenvalue weighted by Gasteiger charge is 2.30. The Morgan fingerprint density at radius 3 is 2.56 bits per heavy atom. The zero-order valence-corrected chi connectivity index (χ0v) is 8.91. The number of hydrogen-bond donors (Lipinski definition) is 2. The topological polar surface area (TPSA) is 95.4 Å². The van der Waals surface area contributed by atoms with Gasteiger partial charge >= 0.3 is 5.97 Å². The van der Waals surface area contributed by atoms with E-state index >= 15 is 0 Å². The predicted octanol–water partition coefficient (Wildman–Crippen LogP) is -0.301. The third kappa shape index (κ3) is 1.81. The summed E-state index contributed by atoms with van der Waals surface area (Å²) in [4.78, 5) is 23.2. The highest BCUT2D eigenvalue weighted by molar-refractivity contribution is 8.00. The molecule has 1 aliphatic rings. The van der Waals surface area contributed by atoms with E-state index in [-0.39, 0.29) is 15.7 Å². The van der Waals surface area contributed by atoms with Gasteiger partial charge < -0.3 is 4.74 Å². The van der Waals surface area contributed by atoms with Gasteiger partial charge in [0.1, 0.15) is 10.9 Å². The number of benzene rings is 1. The summed E-state index contributed by atoms with van der Waals surface area (Å²) >= 11 is 0. The molecule has 0 fully saturated rings. The van der Waals surface area contributed by atoms with Crippen molar-refractivity contribution in [1.82, 2.24) is 0 Å². The molecule has 0 amide bonds. The molecule has 0 saturated heterocycles. The highest BCUT2D eigenvalue weighted by Crippen LogP contribution is 2.23. The largest absolute Gasteiger partial charge is 0.421 e. The summed E-state index contributed by atoms with van der Waals surface area (Å²) in [5.74, 6) is -0.871. The van der Waals surface area contributed by atoms with Crippen molar-refractivity contribution in [2.45, 2.75) is 0 Å². The molecule has 0 atom stereocenters. The van der Waals surface area contributed by atoms with Gasteiger partial charge in [0.15, 0.2) is 4.86 Å². The molecular formula is C10H8N2O3S. The van der Waals surface area contributed by atoms with E-state index in [0.29, 0.717) is 5.56 Å². The number of para-hydroxylation sites is 1. The molecule has 1 heterocycles. The predicted molar refractivity (Wildman–Crippen MR) is 62.4 cm³/mol. The van der Waals surface area contributed by atoms with Gasteiger partial charge in [-0.2, -0.15) is 0 Å². The minimum atomic E-state index is -0.720. The second-order valence-electron chi connectivity index (χ2n) is 3.05. The van der Waals surface area contributed by atoms with E-state index in [9.17, 15) is 9.59 Å². The van der Waals surface area contributed by atoms with Gasteiger partial charge in [-0.25, -0.2) is 4.79 Å². The maximum absolute atomic E-state index is 11.9. The molecule has 0 radical (unpaired) electrons. The molecule has 2 rings (SSSR count). The number of nitrogens with two attached hydrogens (primary N) is 2. The molecule has 0 aromatic heterocycles. The van der Waals surface area contributed by atoms with Crippen molar-refractivity contribution in [3.63, 3.8) is 0 Å². The number of Topliss-reactive ketones (excluding diaryl/α,β-unsaturated/α-hetero) is 1. The Kier molecular flexibility index (Phi) is 2.69. The second kappa shape index (κ2) is 4.01. The first-order valence-corrected chi connectivity index (χ1v) is 5.20. The van der Waals surface area contributed by atoms with Gasteiger partial charge in [0.05, 0.1) is 5.56 Å². The smallest absolute Gasteiger partial charge is 0.357 e. The average molecular weight is 236 g/mol. The summed E-state index contributed by atoms with van der Waals surface area (Å²) in [5.41, 5.74) is 10.8. The quantitative estimate of drug-likeness (QED) is 0.366. The fourth-order valence-electron chi connectivity index (χ4n) is 1.31. The fourth-order valence-corrected chi connectivity index (χ4v) is 1.87. The summed E-state index contributed by atoms with van der Waals surface area (Å²) in [6.45, 7) is 0. The number of carbonyl (C=O) groups excluding carboxylic acids is 2. The van der Waals surface area contributed by atoms with Gasteiger partial charge in [0, 0.05) is 0 Å². The lowest BCUT2D eigenvalue weighted by atomic mass is 10.1. The van der Waals surface area contributed by atoms with Gasteiger partial charge in [-0.15, -0.1) is 10.9 Å². The Labute approximate surface area is 94.5 Å². The molecule has 6 heteroatoms. The highest BCUT2D eigenvalue weighted by atomic mass is 32.1. The molecular weight excluding hydrogens is 228 g/mol. The SMILES string of the molecule is NC(N)=S=C1C(=O)Oc2ccccc2C1=O. The fraction of sp³-hybridized carbons (Fsp3) is 0. The second-order valence-corrected chi connectivity index (χ2v) is 4.13. The Morgan fingerprint density at radius 2 is 1.88 bits per heavy atom. The van der Waals surface area contributed by atoms with E-state index in [2.05, 4.69) is 0 Å². The summed E-state index contributed by atoms with van der Waals surface area (Å²) in [7, 11) is 0.720. The Morgan fingerprint density at radius 1 is 1.19 bits per heavy atom. The minimum Gasteiger partial charge on any atom is -0.421 e. The maximum atomic E-state index is 11.9. The Balaban J connectivity index is 2.64. The molecule has 0 bridgehead atoms. The molecule has 1 aliphatic heterocycles. The lowest BCUT2D eigenvalue weighted by Crippen LogP contribution is -2.33. The lowest BCUT2D eigenvalue weighted by Gasteiger charge is -2.14. The first kappa shape index (κ1) is 10.7. The van der Waals surface area contributed by atoms with Crippen LogP contribution in [-0.2, 0) is 4.79 Å². The van der Waals surface area contributed by atoms with Crippen molar-refractivity contribution < 1.29 is 14.3 Å². The minimum absolute atomic E-state index is 0.0697. The zero-order chi connectivity index (χ0) is 11.7. The third-order valence-electron chi connectivity index (χ3n) is 1.95. The van der Waals surface area contributed by atoms with Gasteiger partial charge in [-0.1, -0.05) is 12.1 Å². The van der Waals surface area contributed by atoms with Crippen LogP contribution in [0.5, 0.6) is 5.75 Å². The van der Waals surface area contributed by atoms with Crippen LogP contribution in [0.2, 0.25) is 0 Å². The number of carbonyl (C=O) groups is 2. The number of fused-ring (bicyclic) bond motifs is 1. The van der Waals surface area contributed by atoms with Crippen molar-refractivity contribution in [2.24, 2.45) is 11.5 Å². The zero-order valence-electron chi connectivity index (χ0n) is 8.10. The van der Waals surface area contributed by atoms with Crippen LogP contribution < -0.4 is 16.2 Å². The maximum Gasteiger partial charge on any atom is 0.357 e. The average Bonchev–Trinajstić information content (AvgIpc) is 2.24. The van der Waals surface area contributed by atoms with Crippen molar-refractivity contribution in [3.05, 3.63) is 29.8 Å². The molecule has 82 valence electrons. The number of esters is 1. The van der Waals surface area contributed by atoms with E-state index in [1.54, 1.807) is 24.3 Å². The van der Waals surface area contributed by atoms with Crippen LogP contribution in [0.4, 0.5) is 0 Å². The summed E-state index contributed by atoms with van der Waals surface area (Å²) < 4.78 is 4.97. The first-order chi connectivity index (χ1) is 7.59. The number of ketones is 1. The van der Waals surface area contributed by atoms with E-state index in [1.807, 2.05) is 0 Å². The van der Waals surface area contributed by atoms with E-state index in [1.165, 1.54) is 0 Å². The van der Waals surface area contributed by atoms with Crippen LogP contribution in [0.1, 0.15) is 10.4 Å². The summed E-state index contributed by atoms with van der Waals surface area (Å²) in [6.07, 6.45) is 0. The molecule has 5 nitrogen and oxygen atoms in total. The molecule has 0 spiro atoms. The first-order valence-electron chi connectivity index (χ1n) is 4.38. The van der Waals surface area contributed by atoms with E-state index < -0.39 is 11.8 Å². The normalized spacial score (nSPS) is 14.2. The molecule has 16 heavy (non-hydrogen) atoms. The van der Waals surface area contributed by atoms with Crippen LogP contribution in [-0.4, -0.2) is 21.7 Å². The number of ether oxygens (including phenoxy) is 1. The molecule has 1 aromatic rings. The molecule has 1 aromatic carbocycles. The van der Waals surface area contributed by atoms with Gasteiger partial charge in [-0.05, 0) is 12.1 Å². The third-order valence-corrected chi connectivity index (χ3v) is 2.74. The summed E-state index contributed by atoms with van der Waals surface area (Å²) in [5, 5.41) is -0.0697. The van der Waals surface area contributed by atoms with Crippen molar-refractivity contribution in [3.8, 4) is 5.75 Å². The molecule has 0 saturated carbocycles. The van der Waals surface area contributed by atoms with Crippen LogP contribution >= 0.6 is 10.9 Å². The molecule has 4 N–H and O–H groups in total. The summed E-state index contributed by atoms with van der Waals surface area (Å²) in [6, 6.07) is 6.51. The number of hydrogen-bond acceptors (Lipinski definition) is 3. The lowest BCUT2D eigenvalue weighted by molar-refractivity contribution is -0.126. The van der Waals surface area contributed by atoms with E-state index in [4.69, 9.17) is 16.2 Å². The molecule has 0 aliphatic carbocycles. The standard InChI is InChI=1S/C10H8N2O3S/c11-10(12)16-8-7(13)5-3-1-2-4-6(5)15-9(8)14/h1-4H,11-12H2. The van der Waals surface area contributed by atoms with Crippen LogP contribution in [0.25, 0.3) is 0 Å². The van der Waals surface area contributed by atoms with Gasteiger partial charge in [-0.3, -0.25) is 16.3 Å². The Hall–Kier alpha value is -1.76. The van der Waals surface area contributed by atoms with Crippen molar-refractivity contribution in [2.75, 3.05) is 0 Å². The van der Waals surface area contributed by atoms with Crippen molar-refractivity contribution in [1.29, 1.82) is 0 Å².